The molecule has 3 unspecified atom stereocenters. The number of hydrogen-bond donors (Lipinski definition) is 1. The van der Waals surface area contributed by atoms with Crippen LogP contribution < -0.4 is 5.32 Å². The van der Waals surface area contributed by atoms with E-state index in [2.05, 4.69) is 49.5 Å². The molecule has 1 aromatic carbocycles. The third kappa shape index (κ3) is 3.57. The molecule has 1 saturated carbocycles. The molecule has 1 N–H and O–H groups in total. The van der Waals surface area contributed by atoms with Crippen molar-refractivity contribution < 1.29 is 0 Å². The van der Waals surface area contributed by atoms with Crippen LogP contribution in [0.5, 0.6) is 0 Å². The van der Waals surface area contributed by atoms with Gasteiger partial charge in [0.25, 0.3) is 0 Å². The quantitative estimate of drug-likeness (QED) is 0.815. The minimum absolute atomic E-state index is 0.673. The van der Waals surface area contributed by atoms with Gasteiger partial charge in [-0.05, 0) is 43.2 Å². The summed E-state index contributed by atoms with van der Waals surface area (Å²) >= 11 is 0. The zero-order valence-corrected chi connectivity index (χ0v) is 11.2. The molecule has 0 spiro atoms. The lowest BCUT2D eigenvalue weighted by Gasteiger charge is -2.24. The van der Waals surface area contributed by atoms with E-state index in [0.29, 0.717) is 6.04 Å². The van der Waals surface area contributed by atoms with Gasteiger partial charge < -0.3 is 5.32 Å². The Morgan fingerprint density at radius 3 is 2.59 bits per heavy atom. The van der Waals surface area contributed by atoms with Gasteiger partial charge in [-0.2, -0.15) is 0 Å². The lowest BCUT2D eigenvalue weighted by molar-refractivity contribution is 0.354. The van der Waals surface area contributed by atoms with Crippen LogP contribution in [0, 0.1) is 11.8 Å². The summed E-state index contributed by atoms with van der Waals surface area (Å²) in [6.45, 7) is 5.70. The van der Waals surface area contributed by atoms with Crippen molar-refractivity contribution >= 4 is 0 Å². The highest BCUT2D eigenvalue weighted by atomic mass is 14.9. The highest BCUT2D eigenvalue weighted by molar-refractivity contribution is 5.16. The fourth-order valence-corrected chi connectivity index (χ4v) is 3.15. The van der Waals surface area contributed by atoms with Crippen molar-refractivity contribution in [3.8, 4) is 0 Å². The SMILES string of the molecule is CCNC(Cc1ccccc1)C1CCC(C)C1. The van der Waals surface area contributed by atoms with Crippen LogP contribution in [0.25, 0.3) is 0 Å². The van der Waals surface area contributed by atoms with Gasteiger partial charge in [0.15, 0.2) is 0 Å². The maximum atomic E-state index is 3.69. The van der Waals surface area contributed by atoms with E-state index in [0.717, 1.165) is 18.4 Å². The molecule has 0 aromatic heterocycles. The predicted octanol–water partition coefficient (Wildman–Crippen LogP) is 3.64. The Balaban J connectivity index is 1.97. The molecule has 3 atom stereocenters. The summed E-state index contributed by atoms with van der Waals surface area (Å²) in [6.07, 6.45) is 5.42. The third-order valence-corrected chi connectivity index (χ3v) is 4.07. The Labute approximate surface area is 106 Å². The van der Waals surface area contributed by atoms with Crippen molar-refractivity contribution in [1.29, 1.82) is 0 Å². The van der Waals surface area contributed by atoms with Gasteiger partial charge in [-0.15, -0.1) is 0 Å². The molecule has 0 amide bonds. The van der Waals surface area contributed by atoms with E-state index in [1.807, 2.05) is 0 Å². The summed E-state index contributed by atoms with van der Waals surface area (Å²) in [4.78, 5) is 0. The van der Waals surface area contributed by atoms with Crippen molar-refractivity contribution in [2.75, 3.05) is 6.54 Å². The summed E-state index contributed by atoms with van der Waals surface area (Å²) in [5.74, 6) is 1.81. The molecule has 1 heteroatoms. The van der Waals surface area contributed by atoms with Crippen LogP contribution in [-0.4, -0.2) is 12.6 Å². The maximum absolute atomic E-state index is 3.69. The molecule has 2 rings (SSSR count). The molecule has 1 aromatic rings. The van der Waals surface area contributed by atoms with Crippen molar-refractivity contribution in [2.24, 2.45) is 11.8 Å². The minimum Gasteiger partial charge on any atom is -0.314 e. The third-order valence-electron chi connectivity index (χ3n) is 4.07. The molecule has 1 nitrogen and oxygen atoms in total. The fraction of sp³-hybridized carbons (Fsp3) is 0.625. The van der Waals surface area contributed by atoms with E-state index in [-0.39, 0.29) is 0 Å². The molecular weight excluding hydrogens is 206 g/mol. The molecular formula is C16H25N. The van der Waals surface area contributed by atoms with Crippen LogP contribution in [0.15, 0.2) is 30.3 Å². The Morgan fingerprint density at radius 2 is 2.00 bits per heavy atom. The standard InChI is InChI=1S/C16H25N/c1-3-17-16(15-10-9-13(2)11-15)12-14-7-5-4-6-8-14/h4-8,13,15-17H,3,9-12H2,1-2H3. The summed E-state index contributed by atoms with van der Waals surface area (Å²) in [6, 6.07) is 11.6. The van der Waals surface area contributed by atoms with Gasteiger partial charge in [-0.25, -0.2) is 0 Å². The smallest absolute Gasteiger partial charge is 0.0136 e. The second-order valence-corrected chi connectivity index (χ2v) is 5.53. The fourth-order valence-electron chi connectivity index (χ4n) is 3.15. The number of hydrogen-bond acceptors (Lipinski definition) is 1. The normalized spacial score (nSPS) is 26.0. The summed E-state index contributed by atoms with van der Waals surface area (Å²) < 4.78 is 0. The largest absolute Gasteiger partial charge is 0.314 e. The maximum Gasteiger partial charge on any atom is 0.0136 e. The molecule has 94 valence electrons. The van der Waals surface area contributed by atoms with Crippen molar-refractivity contribution in [3.63, 3.8) is 0 Å². The topological polar surface area (TPSA) is 12.0 Å². The van der Waals surface area contributed by atoms with Gasteiger partial charge in [-0.3, -0.25) is 0 Å². The lowest BCUT2D eigenvalue weighted by Crippen LogP contribution is -2.37. The van der Waals surface area contributed by atoms with E-state index in [9.17, 15) is 0 Å². The first kappa shape index (κ1) is 12.6. The lowest BCUT2D eigenvalue weighted by atomic mass is 9.91. The summed E-state index contributed by atoms with van der Waals surface area (Å²) in [5.41, 5.74) is 1.47. The molecule has 1 fully saturated rings. The number of rotatable bonds is 5. The highest BCUT2D eigenvalue weighted by Crippen LogP contribution is 2.33. The van der Waals surface area contributed by atoms with Crippen LogP contribution in [0.3, 0.4) is 0 Å². The Kier molecular flexibility index (Phi) is 4.61. The van der Waals surface area contributed by atoms with Gasteiger partial charge in [-0.1, -0.05) is 50.6 Å². The number of benzene rings is 1. The van der Waals surface area contributed by atoms with Crippen molar-refractivity contribution in [2.45, 2.75) is 45.6 Å². The molecule has 0 radical (unpaired) electrons. The molecule has 1 aliphatic carbocycles. The van der Waals surface area contributed by atoms with Crippen LogP contribution in [0.2, 0.25) is 0 Å². The van der Waals surface area contributed by atoms with Gasteiger partial charge in [0.05, 0.1) is 0 Å². The first-order valence-electron chi connectivity index (χ1n) is 7.07. The first-order valence-corrected chi connectivity index (χ1v) is 7.07. The van der Waals surface area contributed by atoms with E-state index < -0.39 is 0 Å². The number of likely N-dealkylation sites (N-methyl/N-ethyl adjacent to an activating group) is 1. The predicted molar refractivity (Wildman–Crippen MR) is 74.1 cm³/mol. The van der Waals surface area contributed by atoms with Crippen LogP contribution >= 0.6 is 0 Å². The van der Waals surface area contributed by atoms with Crippen molar-refractivity contribution in [1.82, 2.24) is 5.32 Å². The van der Waals surface area contributed by atoms with Gasteiger partial charge in [0, 0.05) is 6.04 Å². The zero-order chi connectivity index (χ0) is 12.1. The summed E-state index contributed by atoms with van der Waals surface area (Å²) in [7, 11) is 0. The molecule has 0 heterocycles. The van der Waals surface area contributed by atoms with E-state index in [4.69, 9.17) is 0 Å². The zero-order valence-electron chi connectivity index (χ0n) is 11.2. The second kappa shape index (κ2) is 6.20. The first-order chi connectivity index (χ1) is 8.29. The Hall–Kier alpha value is -0.820. The van der Waals surface area contributed by atoms with Gasteiger partial charge in [0.1, 0.15) is 0 Å². The summed E-state index contributed by atoms with van der Waals surface area (Å²) in [5, 5.41) is 3.69. The van der Waals surface area contributed by atoms with E-state index in [1.165, 1.54) is 31.2 Å². The highest BCUT2D eigenvalue weighted by Gasteiger charge is 2.28. The van der Waals surface area contributed by atoms with E-state index in [1.54, 1.807) is 0 Å². The van der Waals surface area contributed by atoms with Gasteiger partial charge >= 0.3 is 0 Å². The van der Waals surface area contributed by atoms with Gasteiger partial charge in [0.2, 0.25) is 0 Å². The molecule has 0 saturated heterocycles. The van der Waals surface area contributed by atoms with Crippen LogP contribution in [-0.2, 0) is 6.42 Å². The Bertz CT molecular complexity index is 320. The molecule has 0 bridgehead atoms. The van der Waals surface area contributed by atoms with E-state index >= 15 is 0 Å². The monoisotopic (exact) mass is 231 g/mol. The molecule has 17 heavy (non-hydrogen) atoms. The van der Waals surface area contributed by atoms with Crippen molar-refractivity contribution in [3.05, 3.63) is 35.9 Å². The van der Waals surface area contributed by atoms with Crippen LogP contribution in [0.1, 0.15) is 38.7 Å². The molecule has 1 aliphatic rings. The minimum atomic E-state index is 0.673. The molecule has 0 aliphatic heterocycles. The average molecular weight is 231 g/mol. The van der Waals surface area contributed by atoms with Crippen LogP contribution in [0.4, 0.5) is 0 Å². The Morgan fingerprint density at radius 1 is 1.24 bits per heavy atom. The average Bonchev–Trinajstić information content (AvgIpc) is 2.77. The second-order valence-electron chi connectivity index (χ2n) is 5.53. The number of nitrogens with one attached hydrogen (secondary N) is 1.